The lowest BCUT2D eigenvalue weighted by Crippen LogP contribution is -2.57. The largest absolute Gasteiger partial charge is 0.453 e. The van der Waals surface area contributed by atoms with Crippen molar-refractivity contribution in [2.45, 2.75) is 49.9 Å². The molecule has 0 radical (unpaired) electrons. The van der Waals surface area contributed by atoms with Gasteiger partial charge in [0.1, 0.15) is 6.04 Å². The second-order valence-corrected chi connectivity index (χ2v) is 10.7. The zero-order chi connectivity index (χ0) is 29.1. The summed E-state index contributed by atoms with van der Waals surface area (Å²) >= 11 is 6.07. The second-order valence-electron chi connectivity index (χ2n) is 10.2. The van der Waals surface area contributed by atoms with Crippen molar-refractivity contribution < 1.29 is 37.8 Å². The summed E-state index contributed by atoms with van der Waals surface area (Å²) in [5.74, 6) is -1.60. The van der Waals surface area contributed by atoms with Crippen LogP contribution in [0.1, 0.15) is 48.0 Å². The van der Waals surface area contributed by atoms with Crippen LogP contribution in [0.2, 0.25) is 5.02 Å². The number of amides is 4. The molecule has 2 aromatic rings. The quantitative estimate of drug-likeness (QED) is 0.455. The topological polar surface area (TPSA) is 135 Å². The lowest BCUT2D eigenvalue weighted by molar-refractivity contribution is -0.142. The van der Waals surface area contributed by atoms with Crippen molar-refractivity contribution in [3.8, 4) is 0 Å². The average molecular weight is 589 g/mol. The first-order valence-electron chi connectivity index (χ1n) is 13.3. The molecular weight excluding hydrogens is 559 g/mol. The van der Waals surface area contributed by atoms with Crippen molar-refractivity contribution in [2.75, 3.05) is 37.4 Å². The lowest BCUT2D eigenvalue weighted by Gasteiger charge is -2.45. The van der Waals surface area contributed by atoms with Gasteiger partial charge >= 0.3 is 12.2 Å². The van der Waals surface area contributed by atoms with Gasteiger partial charge in [-0.3, -0.25) is 20.2 Å². The highest BCUT2D eigenvalue weighted by Gasteiger charge is 2.49. The highest BCUT2D eigenvalue weighted by atomic mass is 35.5. The van der Waals surface area contributed by atoms with Crippen LogP contribution in [0.5, 0.6) is 0 Å². The molecule has 3 aliphatic heterocycles. The fourth-order valence-electron chi connectivity index (χ4n) is 5.61. The van der Waals surface area contributed by atoms with Crippen LogP contribution in [-0.2, 0) is 24.6 Å². The van der Waals surface area contributed by atoms with Crippen molar-refractivity contribution in [3.63, 3.8) is 0 Å². The summed E-state index contributed by atoms with van der Waals surface area (Å²) < 4.78 is 31.3. The molecular formula is C28H30ClFN4O7. The number of methoxy groups -OCH3 is 1. The van der Waals surface area contributed by atoms with Crippen LogP contribution < -0.4 is 16.0 Å². The molecule has 41 heavy (non-hydrogen) atoms. The molecule has 218 valence electrons. The van der Waals surface area contributed by atoms with E-state index in [9.17, 15) is 19.2 Å². The number of nitrogens with one attached hydrogen (secondary N) is 3. The Morgan fingerprint density at radius 3 is 2.71 bits per heavy atom. The third-order valence-electron chi connectivity index (χ3n) is 7.55. The summed E-state index contributed by atoms with van der Waals surface area (Å²) in [5, 5.41) is 7.73. The molecule has 5 rings (SSSR count). The first-order chi connectivity index (χ1) is 19.7. The molecule has 2 fully saturated rings. The van der Waals surface area contributed by atoms with E-state index in [1.54, 1.807) is 12.1 Å². The Morgan fingerprint density at radius 1 is 1.22 bits per heavy atom. The molecule has 1 spiro atoms. The highest BCUT2D eigenvalue weighted by Crippen LogP contribution is 2.45. The Labute approximate surface area is 240 Å². The van der Waals surface area contributed by atoms with Crippen LogP contribution in [0.3, 0.4) is 0 Å². The van der Waals surface area contributed by atoms with Gasteiger partial charge in [0.15, 0.2) is 11.4 Å². The van der Waals surface area contributed by atoms with E-state index >= 15 is 4.39 Å². The van der Waals surface area contributed by atoms with Gasteiger partial charge in [-0.15, -0.1) is 0 Å². The number of hydrogen-bond acceptors (Lipinski definition) is 7. The third kappa shape index (κ3) is 6.08. The number of ether oxygens (including phenoxy) is 3. The third-order valence-corrected chi connectivity index (χ3v) is 7.84. The number of halogens is 2. The molecule has 2 saturated heterocycles. The number of carbonyl (C=O) groups is 4. The summed E-state index contributed by atoms with van der Waals surface area (Å²) in [6.45, 7) is 0.797. The van der Waals surface area contributed by atoms with Gasteiger partial charge in [0.25, 0.3) is 5.91 Å². The minimum absolute atomic E-state index is 0.0995. The van der Waals surface area contributed by atoms with Crippen LogP contribution in [0.4, 0.5) is 25.4 Å². The summed E-state index contributed by atoms with van der Waals surface area (Å²) in [4.78, 5) is 52.5. The molecule has 4 amide bonds. The molecule has 0 saturated carbocycles. The van der Waals surface area contributed by atoms with Gasteiger partial charge < -0.3 is 24.4 Å². The summed E-state index contributed by atoms with van der Waals surface area (Å²) in [5.41, 5.74) is -0.377. The standard InChI is InChI=1S/C28H30ClFN4O7/c1-39-26(37)31-17-7-5-16(6-8-17)24(35)32-21(14-18-4-2-13-40-18)25(36)34-12-3-11-28(15-34)22-20(33-27(38)41-28)10-9-19(29)23(22)30/h5-10,18,21H,2-4,11-15H2,1H3,(H,31,37)(H,32,35)(H,33,38). The molecule has 3 heterocycles. The highest BCUT2D eigenvalue weighted by molar-refractivity contribution is 6.31. The molecule has 3 unspecified atom stereocenters. The van der Waals surface area contributed by atoms with Crippen LogP contribution >= 0.6 is 11.6 Å². The summed E-state index contributed by atoms with van der Waals surface area (Å²) in [6, 6.07) is 8.03. The van der Waals surface area contributed by atoms with Crippen LogP contribution in [0.25, 0.3) is 0 Å². The number of piperidine rings is 1. The second kappa shape index (κ2) is 11.9. The van der Waals surface area contributed by atoms with Gasteiger partial charge in [-0.1, -0.05) is 11.6 Å². The number of likely N-dealkylation sites (tertiary alicyclic amines) is 1. The Bertz CT molecular complexity index is 1350. The predicted octanol–water partition coefficient (Wildman–Crippen LogP) is 4.40. The number of rotatable bonds is 6. The number of nitrogens with zero attached hydrogens (tertiary/aromatic N) is 1. The number of carbonyl (C=O) groups excluding carboxylic acids is 4. The van der Waals surface area contributed by atoms with Crippen molar-refractivity contribution in [1.29, 1.82) is 0 Å². The van der Waals surface area contributed by atoms with E-state index in [1.807, 2.05) is 0 Å². The lowest BCUT2D eigenvalue weighted by atomic mass is 9.82. The van der Waals surface area contributed by atoms with Gasteiger partial charge in [0.05, 0.1) is 36.0 Å². The zero-order valence-corrected chi connectivity index (χ0v) is 23.1. The molecule has 13 heteroatoms. The van der Waals surface area contributed by atoms with E-state index in [0.29, 0.717) is 31.7 Å². The average Bonchev–Trinajstić information content (AvgIpc) is 3.47. The molecule has 2 aromatic carbocycles. The molecule has 0 aromatic heterocycles. The number of anilines is 2. The smallest absolute Gasteiger partial charge is 0.412 e. The van der Waals surface area contributed by atoms with Gasteiger partial charge in [0.2, 0.25) is 5.91 Å². The molecule has 0 bridgehead atoms. The fraction of sp³-hybridized carbons (Fsp3) is 0.429. The molecule has 11 nitrogen and oxygen atoms in total. The molecule has 0 aliphatic carbocycles. The first kappa shape index (κ1) is 28.6. The van der Waals surface area contributed by atoms with E-state index in [4.69, 9.17) is 21.1 Å². The van der Waals surface area contributed by atoms with Crippen molar-refractivity contribution >= 4 is 47.0 Å². The monoisotopic (exact) mass is 588 g/mol. The summed E-state index contributed by atoms with van der Waals surface area (Å²) in [6.07, 6.45) is 0.953. The number of hydrogen-bond donors (Lipinski definition) is 3. The van der Waals surface area contributed by atoms with Gasteiger partial charge in [0, 0.05) is 30.8 Å². The molecule has 3 atom stereocenters. The van der Waals surface area contributed by atoms with E-state index in [1.165, 1.54) is 36.3 Å². The number of fused-ring (bicyclic) bond motifs is 2. The van der Waals surface area contributed by atoms with Crippen molar-refractivity contribution in [3.05, 3.63) is 58.4 Å². The van der Waals surface area contributed by atoms with Crippen LogP contribution in [0.15, 0.2) is 36.4 Å². The van der Waals surface area contributed by atoms with Gasteiger partial charge in [-0.25, -0.2) is 14.0 Å². The van der Waals surface area contributed by atoms with Gasteiger partial charge in [-0.2, -0.15) is 0 Å². The minimum Gasteiger partial charge on any atom is -0.453 e. The molecule has 3 aliphatic rings. The first-order valence-corrected chi connectivity index (χ1v) is 13.7. The zero-order valence-electron chi connectivity index (χ0n) is 22.3. The predicted molar refractivity (Wildman–Crippen MR) is 146 cm³/mol. The summed E-state index contributed by atoms with van der Waals surface area (Å²) in [7, 11) is 1.24. The molecule has 3 N–H and O–H groups in total. The van der Waals surface area contributed by atoms with E-state index in [2.05, 4.69) is 20.7 Å². The maximum Gasteiger partial charge on any atom is 0.412 e. The maximum atomic E-state index is 15.3. The Morgan fingerprint density at radius 2 is 2.00 bits per heavy atom. The Hall–Kier alpha value is -3.90. The van der Waals surface area contributed by atoms with Gasteiger partial charge in [-0.05, 0) is 62.1 Å². The van der Waals surface area contributed by atoms with Crippen molar-refractivity contribution in [2.24, 2.45) is 0 Å². The Balaban J connectivity index is 1.37. The Kier molecular flexibility index (Phi) is 8.32. The number of benzene rings is 2. The van der Waals surface area contributed by atoms with E-state index < -0.39 is 41.5 Å². The van der Waals surface area contributed by atoms with E-state index in [0.717, 1.165) is 12.8 Å². The van der Waals surface area contributed by atoms with E-state index in [-0.39, 0.29) is 40.9 Å². The normalized spacial score (nSPS) is 22.3. The van der Waals surface area contributed by atoms with Crippen LogP contribution in [0, 0.1) is 5.82 Å². The van der Waals surface area contributed by atoms with Crippen LogP contribution in [-0.4, -0.2) is 67.9 Å². The SMILES string of the molecule is COC(=O)Nc1ccc(C(=O)NC(CC2CCCO2)C(=O)N2CCCC3(C2)OC(=O)Nc2ccc(Cl)c(F)c23)cc1. The maximum absolute atomic E-state index is 15.3. The van der Waals surface area contributed by atoms with Crippen molar-refractivity contribution in [1.82, 2.24) is 10.2 Å². The minimum atomic E-state index is -1.43. The fourth-order valence-corrected chi connectivity index (χ4v) is 5.77.